The number of nitrogens with two attached hydrogens (primary N) is 1. The monoisotopic (exact) mass is 1740 g/mol. The van der Waals surface area contributed by atoms with Gasteiger partial charge in [-0.25, -0.2) is 4.79 Å². The Kier molecular flexibility index (Phi) is 52.5. The van der Waals surface area contributed by atoms with Crippen molar-refractivity contribution in [3.05, 3.63) is 42.0 Å². The molecule has 1 aromatic rings. The number of ether oxygens (including phenoxy) is 6. The summed E-state index contributed by atoms with van der Waals surface area (Å²) in [6.45, 7) is 1.49. The van der Waals surface area contributed by atoms with Gasteiger partial charge in [0.15, 0.2) is 18.3 Å². The fourth-order valence-corrected chi connectivity index (χ4v) is 10.3. The van der Waals surface area contributed by atoms with Crippen molar-refractivity contribution in [1.29, 1.82) is 0 Å². The number of hydrogen-bond acceptors (Lipinski definition) is 32. The number of hydrogen-bond donors (Lipinski definition) is 24. The highest BCUT2D eigenvalue weighted by Gasteiger charge is 2.39. The first-order valence-corrected chi connectivity index (χ1v) is 37.3. The molecule has 0 saturated carbocycles. The van der Waals surface area contributed by atoms with E-state index in [4.69, 9.17) is 42.3 Å². The molecule has 45 heteroatoms. The number of aliphatic hydroxyl groups excluding tert-OH is 13. The number of benzene rings is 1. The zero-order valence-corrected chi connectivity index (χ0v) is 65.0. The number of carbonyl (C=O) groups excluding carboxylic acids is 12. The fraction of sp³-hybridized carbons (Fsp3) is 0.706. The van der Waals surface area contributed by atoms with Gasteiger partial charge >= 0.3 is 6.03 Å². The van der Waals surface area contributed by atoms with Crippen LogP contribution >= 0.6 is 23.0 Å². The van der Waals surface area contributed by atoms with Crippen molar-refractivity contribution in [3.8, 4) is 0 Å². The Labute approximate surface area is 665 Å². The molecule has 1 aromatic carbocycles. The average molecular weight is 1740 g/mol. The van der Waals surface area contributed by atoms with Crippen LogP contribution in [0.15, 0.2) is 36.4 Å². The van der Waals surface area contributed by atoms with E-state index in [1.165, 1.54) is 12.2 Å². The Morgan fingerprint density at radius 3 is 1.38 bits per heavy atom. The van der Waals surface area contributed by atoms with Gasteiger partial charge in [0.2, 0.25) is 35.4 Å². The number of primary amides is 1. The first-order valence-electron chi connectivity index (χ1n) is 36.5. The molecule has 25 N–H and O–H groups in total. The second-order valence-electron chi connectivity index (χ2n) is 25.9. The summed E-state index contributed by atoms with van der Waals surface area (Å²) in [6, 6.07) is 2.23. The lowest BCUT2D eigenvalue weighted by molar-refractivity contribution is -0.155. The third kappa shape index (κ3) is 42.1. The molecule has 0 fully saturated rings. The van der Waals surface area contributed by atoms with Crippen LogP contribution < -0.4 is 58.9 Å². The Morgan fingerprint density at radius 1 is 0.434 bits per heavy atom. The molecule has 0 radical (unpaired) electrons. The number of rotatable bonds is 64. The molecule has 0 aromatic heterocycles. The highest BCUT2D eigenvalue weighted by molar-refractivity contribution is 14.1. The van der Waals surface area contributed by atoms with Gasteiger partial charge in [-0.1, -0.05) is 32.4 Å². The molecule has 644 valence electrons. The second-order valence-corrected chi connectivity index (χ2v) is 26.5. The number of nitrogens with one attached hydrogen (secondary N) is 10. The summed E-state index contributed by atoms with van der Waals surface area (Å²) >= 11 is 1.75. The van der Waals surface area contributed by atoms with Crippen molar-refractivity contribution >= 4 is 99.7 Å². The van der Waals surface area contributed by atoms with E-state index in [1.54, 1.807) is 61.1 Å². The molecule has 1 aliphatic rings. The van der Waals surface area contributed by atoms with Gasteiger partial charge in [-0.15, -0.1) is 0 Å². The fourth-order valence-electron chi connectivity index (χ4n) is 9.98. The lowest BCUT2D eigenvalue weighted by atomic mass is 10.0. The number of amides is 13. The molecule has 0 saturated heterocycles. The summed E-state index contributed by atoms with van der Waals surface area (Å²) in [5.41, 5.74) is 6.46. The maximum atomic E-state index is 14.1. The molecule has 113 heavy (non-hydrogen) atoms. The molecule has 1 aliphatic heterocycles. The SMILES string of the molecule is CC(C)[C@H](NC(=O)[C@H](CCC(=O)NCCOCCOCCNC(=O)[C@@H](O)[C@@H](O)[C@H](O)[C@@H](O)C(=O)NCCOCCOCCOCCOCCC(=O)NC[C@H](O)[C@@H](O)[C@H](O)[C@H](O)CNC(=O)[C@H](O)[C@@H](O)[C@H](O)[C@H](O)CO)NC(=O)CCCCCN1C(=O)C=CC1=O)C(=O)N[C@@H](CCCNC(N)=O)C(=O)Nc1ccc(COI)cc1. The highest BCUT2D eigenvalue weighted by atomic mass is 127. The van der Waals surface area contributed by atoms with Gasteiger partial charge in [0.05, 0.1) is 105 Å². The summed E-state index contributed by atoms with van der Waals surface area (Å²) in [5, 5.41) is 154. The third-order valence-electron chi connectivity index (χ3n) is 16.6. The van der Waals surface area contributed by atoms with Gasteiger partial charge < -0.3 is 157 Å². The molecule has 44 nitrogen and oxygen atoms in total. The number of halogens is 1. The lowest BCUT2D eigenvalue weighted by Gasteiger charge is -2.28. The molecule has 13 amide bonds. The minimum atomic E-state index is -2.33. The molecular formula is C68H113IN12O32. The van der Waals surface area contributed by atoms with E-state index in [1.807, 2.05) is 5.32 Å². The van der Waals surface area contributed by atoms with E-state index in [2.05, 4.69) is 47.9 Å². The van der Waals surface area contributed by atoms with Crippen molar-refractivity contribution in [3.63, 3.8) is 0 Å². The first kappa shape index (κ1) is 102. The van der Waals surface area contributed by atoms with Gasteiger partial charge in [-0.3, -0.25) is 57.6 Å². The Bertz CT molecular complexity index is 3050. The molecule has 0 bridgehead atoms. The minimum absolute atomic E-state index is 0.00167. The van der Waals surface area contributed by atoms with Crippen molar-refractivity contribution in [2.24, 2.45) is 11.7 Å². The van der Waals surface area contributed by atoms with Crippen molar-refractivity contribution in [1.82, 2.24) is 52.8 Å². The van der Waals surface area contributed by atoms with E-state index < -0.39 is 188 Å². The molecule has 0 spiro atoms. The normalized spacial score (nSPS) is 16.1. The minimum Gasteiger partial charge on any atom is -0.394 e. The van der Waals surface area contributed by atoms with Gasteiger partial charge in [0, 0.05) is 82.9 Å². The Balaban J connectivity index is 1.67. The van der Waals surface area contributed by atoms with Gasteiger partial charge in [0.1, 0.15) is 83.9 Å². The van der Waals surface area contributed by atoms with E-state index in [9.17, 15) is 119 Å². The number of carbonyl (C=O) groups is 12. The van der Waals surface area contributed by atoms with E-state index in [0.717, 1.165) is 10.5 Å². The quantitative estimate of drug-likeness (QED) is 0.0164. The van der Waals surface area contributed by atoms with E-state index >= 15 is 0 Å². The van der Waals surface area contributed by atoms with Crippen molar-refractivity contribution in [2.45, 2.75) is 170 Å². The van der Waals surface area contributed by atoms with Crippen LogP contribution in [-0.2, 0) is 90.8 Å². The smallest absolute Gasteiger partial charge is 0.312 e. The molecule has 2 rings (SSSR count). The molecule has 15 atom stereocenters. The van der Waals surface area contributed by atoms with Gasteiger partial charge in [-0.2, -0.15) is 0 Å². The predicted octanol–water partition coefficient (Wildman–Crippen LogP) is -10.3. The van der Waals surface area contributed by atoms with Crippen LogP contribution in [0.1, 0.15) is 77.2 Å². The maximum Gasteiger partial charge on any atom is 0.312 e. The van der Waals surface area contributed by atoms with Gasteiger partial charge in [-0.05, 0) is 55.7 Å². The lowest BCUT2D eigenvalue weighted by Crippen LogP contribution is -2.58. The van der Waals surface area contributed by atoms with Crippen molar-refractivity contribution < 1.29 is 155 Å². The van der Waals surface area contributed by atoms with Crippen LogP contribution in [0.4, 0.5) is 10.5 Å². The van der Waals surface area contributed by atoms with Crippen molar-refractivity contribution in [2.75, 3.05) is 137 Å². The predicted molar refractivity (Wildman–Crippen MR) is 399 cm³/mol. The zero-order valence-electron chi connectivity index (χ0n) is 62.9. The summed E-state index contributed by atoms with van der Waals surface area (Å²) in [5.74, 6) is -9.02. The Hall–Kier alpha value is -7.47. The van der Waals surface area contributed by atoms with Gasteiger partial charge in [0.25, 0.3) is 29.5 Å². The summed E-state index contributed by atoms with van der Waals surface area (Å²) in [6.07, 6.45) is -22.6. The molecule has 0 aliphatic carbocycles. The topological polar surface area (TPSA) is 682 Å². The number of unbranched alkanes of at least 4 members (excludes halogenated alkanes) is 2. The third-order valence-corrected chi connectivity index (χ3v) is 16.9. The zero-order chi connectivity index (χ0) is 84.4. The maximum absolute atomic E-state index is 14.1. The number of anilines is 1. The van der Waals surface area contributed by atoms with Crippen LogP contribution in [0.3, 0.4) is 0 Å². The highest BCUT2D eigenvalue weighted by Crippen LogP contribution is 2.16. The summed E-state index contributed by atoms with van der Waals surface area (Å²) in [7, 11) is 0. The largest absolute Gasteiger partial charge is 0.394 e. The summed E-state index contributed by atoms with van der Waals surface area (Å²) < 4.78 is 37.4. The second kappa shape index (κ2) is 58.4. The number of nitrogens with zero attached hydrogens (tertiary/aromatic N) is 1. The van der Waals surface area contributed by atoms with Crippen LogP contribution in [0.5, 0.6) is 0 Å². The standard InChI is InChI=1S/C68H113IN12O32/c1-39(2)52(64(102)79-42(7-6-18-74-68(70)106)62(100)77-41-11-9-40(10-12-41)38-113-69)80-63(101)43(78-49(88)8-4-3-5-22-81-50(89)15-16-51(81)90)13-14-47(86)71-19-24-108-28-29-109-25-20-72-65(103)60(98)57(95)58(96)61(99)66(104)73-21-26-110-30-32-112-34-33-111-31-27-107-23-17-48(87)75-35-44(83)53(91)54(92)45(84)36-76-67(105)59(97)56(94)55(93)46(85)37-82/h9-12,15-16,39,42-46,52-61,82-85,91-99H,3-8,13-14,17-38H2,1-2H3,(H,71,86)(H,72,103)(H,73,104)(H,75,87)(H,76,105)(H,77,100)(H,78,88)(H,79,102)(H,80,101)(H3,70,74,106)/t42-,43-,44-,45+,46+,52-,53+,54+,55+,56-,57-,58-,59+,60-,61+/m0/s1. The number of imide groups is 1. The van der Waals surface area contributed by atoms with Crippen LogP contribution in [0.25, 0.3) is 0 Å². The number of urea groups is 1. The molecule has 0 unspecified atom stereocenters. The average Bonchev–Trinajstić information content (AvgIpc) is 1.67. The summed E-state index contributed by atoms with van der Waals surface area (Å²) in [4.78, 5) is 154. The number of aliphatic hydroxyl groups is 13. The first-order chi connectivity index (χ1) is 53.8. The van der Waals surface area contributed by atoms with E-state index in [0.29, 0.717) is 31.6 Å². The van der Waals surface area contributed by atoms with Crippen LogP contribution in [0, 0.1) is 5.92 Å². The van der Waals surface area contributed by atoms with E-state index in [-0.39, 0.29) is 151 Å². The van der Waals surface area contributed by atoms with Crippen LogP contribution in [0.2, 0.25) is 0 Å². The van der Waals surface area contributed by atoms with Crippen LogP contribution in [-0.4, -0.2) is 365 Å². The molecule has 1 heterocycles. The molecular weight excluding hydrogens is 1620 g/mol. The Morgan fingerprint density at radius 2 is 0.885 bits per heavy atom.